The highest BCUT2D eigenvalue weighted by Gasteiger charge is 2.22. The van der Waals surface area contributed by atoms with Crippen molar-refractivity contribution in [3.05, 3.63) is 17.2 Å². The van der Waals surface area contributed by atoms with Gasteiger partial charge in [-0.25, -0.2) is 0 Å². The number of carbonyl (C=O) groups excluding carboxylic acids is 1. The Morgan fingerprint density at radius 1 is 1.11 bits per heavy atom. The van der Waals surface area contributed by atoms with Crippen molar-refractivity contribution >= 4 is 5.91 Å². The summed E-state index contributed by atoms with van der Waals surface area (Å²) < 4.78 is 20.7. The predicted molar refractivity (Wildman–Crippen MR) is 65.3 cm³/mol. The van der Waals surface area contributed by atoms with Crippen LogP contribution in [0.1, 0.15) is 15.9 Å². The van der Waals surface area contributed by atoms with Gasteiger partial charge < -0.3 is 24.7 Å². The van der Waals surface area contributed by atoms with Gasteiger partial charge in [0, 0.05) is 12.7 Å². The first-order chi connectivity index (χ1) is 8.60. The second kappa shape index (κ2) is 6.11. The molecule has 2 N–H and O–H groups in total. The fraction of sp³-hybridized carbons (Fsp3) is 0.417. The molecule has 0 bridgehead atoms. The van der Waals surface area contributed by atoms with Crippen LogP contribution in [0.5, 0.6) is 17.2 Å². The molecule has 0 radical (unpaired) electrons. The van der Waals surface area contributed by atoms with Crippen LogP contribution in [0.25, 0.3) is 0 Å². The molecular formula is C12H17NO5. The molecule has 0 atom stereocenters. The number of benzene rings is 1. The lowest BCUT2D eigenvalue weighted by Crippen LogP contribution is -2.16. The molecule has 18 heavy (non-hydrogen) atoms. The summed E-state index contributed by atoms with van der Waals surface area (Å²) in [4.78, 5) is 11.4. The van der Waals surface area contributed by atoms with Crippen LogP contribution in [0, 0.1) is 0 Å². The molecule has 0 spiro atoms. The van der Waals surface area contributed by atoms with Gasteiger partial charge >= 0.3 is 0 Å². The summed E-state index contributed by atoms with van der Waals surface area (Å²) in [5, 5.41) is 0. The number of ether oxygens (including phenoxy) is 4. The largest absolute Gasteiger partial charge is 0.493 e. The van der Waals surface area contributed by atoms with Crippen LogP contribution in [0.3, 0.4) is 0 Å². The third kappa shape index (κ3) is 2.48. The Balaban J connectivity index is 3.57. The number of rotatable bonds is 6. The Morgan fingerprint density at radius 2 is 1.72 bits per heavy atom. The van der Waals surface area contributed by atoms with E-state index in [1.807, 2.05) is 0 Å². The molecule has 1 amide bonds. The fourth-order valence-corrected chi connectivity index (χ4v) is 1.72. The smallest absolute Gasteiger partial charge is 0.249 e. The van der Waals surface area contributed by atoms with Gasteiger partial charge in [-0.3, -0.25) is 4.79 Å². The average Bonchev–Trinajstić information content (AvgIpc) is 2.37. The molecule has 0 aliphatic rings. The number of methoxy groups -OCH3 is 4. The maximum atomic E-state index is 11.4. The van der Waals surface area contributed by atoms with Crippen molar-refractivity contribution in [2.75, 3.05) is 28.4 Å². The molecule has 0 saturated carbocycles. The monoisotopic (exact) mass is 255 g/mol. The first-order valence-electron chi connectivity index (χ1n) is 5.21. The molecule has 0 aliphatic heterocycles. The molecule has 0 fully saturated rings. The lowest BCUT2D eigenvalue weighted by molar-refractivity contribution is 0.0993. The zero-order valence-corrected chi connectivity index (χ0v) is 10.9. The van der Waals surface area contributed by atoms with E-state index in [4.69, 9.17) is 24.7 Å². The van der Waals surface area contributed by atoms with Gasteiger partial charge in [0.1, 0.15) is 0 Å². The summed E-state index contributed by atoms with van der Waals surface area (Å²) in [7, 11) is 5.95. The lowest BCUT2D eigenvalue weighted by atomic mass is 10.0. The lowest BCUT2D eigenvalue weighted by Gasteiger charge is -2.17. The molecule has 0 aliphatic carbocycles. The summed E-state index contributed by atoms with van der Waals surface area (Å²) in [6, 6.07) is 1.51. The van der Waals surface area contributed by atoms with Crippen molar-refractivity contribution in [3.63, 3.8) is 0 Å². The first kappa shape index (κ1) is 14.1. The molecule has 6 nitrogen and oxygen atoms in total. The Bertz CT molecular complexity index is 445. The highest BCUT2D eigenvalue weighted by molar-refractivity contribution is 5.96. The topological polar surface area (TPSA) is 80.0 Å². The third-order valence-electron chi connectivity index (χ3n) is 2.49. The van der Waals surface area contributed by atoms with E-state index in [1.165, 1.54) is 34.5 Å². The number of hydrogen-bond donors (Lipinski definition) is 1. The van der Waals surface area contributed by atoms with Gasteiger partial charge in [0.05, 0.1) is 33.5 Å². The zero-order chi connectivity index (χ0) is 13.7. The maximum absolute atomic E-state index is 11.4. The summed E-state index contributed by atoms with van der Waals surface area (Å²) >= 11 is 0. The Hall–Kier alpha value is -1.95. The quantitative estimate of drug-likeness (QED) is 0.818. The van der Waals surface area contributed by atoms with Gasteiger partial charge in [0.25, 0.3) is 0 Å². The van der Waals surface area contributed by atoms with Gasteiger partial charge in [-0.2, -0.15) is 0 Å². The number of amides is 1. The Labute approximate surface area is 106 Å². The normalized spacial score (nSPS) is 10.0. The van der Waals surface area contributed by atoms with Gasteiger partial charge in [0.2, 0.25) is 11.7 Å². The molecule has 1 aromatic rings. The predicted octanol–water partition coefficient (Wildman–Crippen LogP) is 0.958. The van der Waals surface area contributed by atoms with Crippen molar-refractivity contribution in [3.8, 4) is 17.2 Å². The van der Waals surface area contributed by atoms with Crippen molar-refractivity contribution in [1.29, 1.82) is 0 Å². The van der Waals surface area contributed by atoms with Gasteiger partial charge in [-0.05, 0) is 6.07 Å². The minimum absolute atomic E-state index is 0.182. The number of nitrogens with two attached hydrogens (primary N) is 1. The second-order valence-electron chi connectivity index (χ2n) is 3.47. The SMILES string of the molecule is COCc1c(C(N)=O)cc(OC)c(OC)c1OC. The van der Waals surface area contributed by atoms with Crippen LogP contribution in [-0.4, -0.2) is 34.3 Å². The molecule has 0 aromatic heterocycles. The van der Waals surface area contributed by atoms with Crippen molar-refractivity contribution in [2.24, 2.45) is 5.73 Å². The van der Waals surface area contributed by atoms with Gasteiger partial charge in [-0.15, -0.1) is 0 Å². The fourth-order valence-electron chi connectivity index (χ4n) is 1.72. The van der Waals surface area contributed by atoms with E-state index in [0.29, 0.717) is 22.8 Å². The van der Waals surface area contributed by atoms with E-state index in [2.05, 4.69) is 0 Å². The van der Waals surface area contributed by atoms with Gasteiger partial charge in [-0.1, -0.05) is 0 Å². The average molecular weight is 255 g/mol. The van der Waals surface area contributed by atoms with Crippen LogP contribution in [0.2, 0.25) is 0 Å². The summed E-state index contributed by atoms with van der Waals surface area (Å²) in [6.45, 7) is 0.182. The van der Waals surface area contributed by atoms with Crippen molar-refractivity contribution in [2.45, 2.75) is 6.61 Å². The summed E-state index contributed by atoms with van der Waals surface area (Å²) in [6.07, 6.45) is 0. The molecule has 0 saturated heterocycles. The molecule has 100 valence electrons. The second-order valence-corrected chi connectivity index (χ2v) is 3.47. The van der Waals surface area contributed by atoms with E-state index < -0.39 is 5.91 Å². The molecule has 1 rings (SSSR count). The summed E-state index contributed by atoms with van der Waals surface area (Å²) in [5.74, 6) is 0.578. The molecule has 6 heteroatoms. The number of hydrogen-bond acceptors (Lipinski definition) is 5. The zero-order valence-electron chi connectivity index (χ0n) is 10.9. The van der Waals surface area contributed by atoms with Gasteiger partial charge in [0.15, 0.2) is 11.5 Å². The van der Waals surface area contributed by atoms with Crippen LogP contribution < -0.4 is 19.9 Å². The van der Waals surface area contributed by atoms with E-state index >= 15 is 0 Å². The van der Waals surface area contributed by atoms with E-state index in [-0.39, 0.29) is 12.2 Å². The Morgan fingerprint density at radius 3 is 2.11 bits per heavy atom. The van der Waals surface area contributed by atoms with Crippen molar-refractivity contribution < 1.29 is 23.7 Å². The first-order valence-corrected chi connectivity index (χ1v) is 5.21. The molecule has 1 aromatic carbocycles. The van der Waals surface area contributed by atoms with Crippen LogP contribution >= 0.6 is 0 Å². The maximum Gasteiger partial charge on any atom is 0.249 e. The van der Waals surface area contributed by atoms with Crippen LogP contribution in [0.15, 0.2) is 6.07 Å². The highest BCUT2D eigenvalue weighted by Crippen LogP contribution is 2.42. The summed E-state index contributed by atoms with van der Waals surface area (Å²) in [5.41, 5.74) is 6.15. The van der Waals surface area contributed by atoms with Crippen LogP contribution in [-0.2, 0) is 11.3 Å². The molecular weight excluding hydrogens is 238 g/mol. The molecule has 0 heterocycles. The van der Waals surface area contributed by atoms with Crippen molar-refractivity contribution in [1.82, 2.24) is 0 Å². The van der Waals surface area contributed by atoms with Crippen LogP contribution in [0.4, 0.5) is 0 Å². The minimum atomic E-state index is -0.582. The highest BCUT2D eigenvalue weighted by atomic mass is 16.5. The standard InChI is InChI=1S/C12H17NO5/c1-15-6-8-7(12(13)14)5-9(16-2)11(18-4)10(8)17-3/h5H,6H2,1-4H3,(H2,13,14). The minimum Gasteiger partial charge on any atom is -0.493 e. The number of carbonyl (C=O) groups is 1. The van der Waals surface area contributed by atoms with E-state index in [9.17, 15) is 4.79 Å². The Kier molecular flexibility index (Phi) is 4.79. The van der Waals surface area contributed by atoms with E-state index in [0.717, 1.165) is 0 Å². The molecule has 0 unspecified atom stereocenters. The number of primary amides is 1. The third-order valence-corrected chi connectivity index (χ3v) is 2.49. The van der Waals surface area contributed by atoms with E-state index in [1.54, 1.807) is 0 Å².